The molecule has 0 saturated carbocycles. The van der Waals surface area contributed by atoms with Gasteiger partial charge in [0.05, 0.1) is 13.2 Å². The van der Waals surface area contributed by atoms with Gasteiger partial charge < -0.3 is 13.9 Å². The Morgan fingerprint density at radius 2 is 1.71 bits per heavy atom. The van der Waals surface area contributed by atoms with Crippen LogP contribution >= 0.6 is 0 Å². The molecule has 4 rings (SSSR count). The van der Waals surface area contributed by atoms with E-state index in [9.17, 15) is 13.2 Å². The molecular weight excluding hydrogens is 482 g/mol. The second kappa shape index (κ2) is 8.93. The van der Waals surface area contributed by atoms with E-state index in [0.29, 0.717) is 17.1 Å². The van der Waals surface area contributed by atoms with Crippen LogP contribution in [0.15, 0.2) is 24.7 Å². The fourth-order valence-corrected chi connectivity index (χ4v) is 4.37. The van der Waals surface area contributed by atoms with Gasteiger partial charge in [0.2, 0.25) is 11.8 Å². The van der Waals surface area contributed by atoms with Gasteiger partial charge in [-0.3, -0.25) is 4.98 Å². The molecule has 0 atom stereocenters. The fourth-order valence-electron chi connectivity index (χ4n) is 3.42. The van der Waals surface area contributed by atoms with E-state index in [-0.39, 0.29) is 42.8 Å². The fraction of sp³-hybridized carbons (Fsp3) is 0.500. The third kappa shape index (κ3) is 5.05. The van der Waals surface area contributed by atoms with Crippen molar-refractivity contribution in [1.29, 1.82) is 0 Å². The molecule has 0 unspecified atom stereocenters. The molecule has 3 aromatic rings. The third-order valence-corrected chi connectivity index (χ3v) is 11.0. The zero-order valence-electron chi connectivity index (χ0n) is 20.2. The number of halogens is 4. The van der Waals surface area contributed by atoms with E-state index in [4.69, 9.17) is 4.43 Å². The van der Waals surface area contributed by atoms with Crippen molar-refractivity contribution >= 4 is 14.3 Å². The summed E-state index contributed by atoms with van der Waals surface area (Å²) in [5.74, 6) is -1.02. The van der Waals surface area contributed by atoms with Crippen LogP contribution in [-0.2, 0) is 30.3 Å². The predicted octanol–water partition coefficient (Wildman–Crippen LogP) is 4.83. The molecule has 0 aliphatic carbocycles. The van der Waals surface area contributed by atoms with Gasteiger partial charge in [-0.05, 0) is 24.2 Å². The van der Waals surface area contributed by atoms with Crippen LogP contribution in [0.5, 0.6) is 0 Å². The standard InChI is InChI=1S/C22H27F4N7OSi/c1-21(2,3)35(4,5)34-13-14-6-7-27-18(17(14)23)15-10-28-20(29-11-15)32-8-9-33-16(12-32)30-31-19(33)22(24,25)26/h6-7,10-11H,8-9,12-13H2,1-5H3. The van der Waals surface area contributed by atoms with Crippen LogP contribution in [0.25, 0.3) is 11.3 Å². The molecule has 1 aliphatic rings. The lowest BCUT2D eigenvalue weighted by Gasteiger charge is -2.36. The third-order valence-electron chi connectivity index (χ3n) is 6.57. The quantitative estimate of drug-likeness (QED) is 0.360. The van der Waals surface area contributed by atoms with Gasteiger partial charge in [-0.15, -0.1) is 10.2 Å². The van der Waals surface area contributed by atoms with E-state index >= 15 is 4.39 Å². The summed E-state index contributed by atoms with van der Waals surface area (Å²) in [4.78, 5) is 14.5. The number of hydrogen-bond donors (Lipinski definition) is 0. The molecular formula is C22H27F4N7OSi. The Labute approximate surface area is 201 Å². The molecule has 3 aromatic heterocycles. The Balaban J connectivity index is 1.50. The van der Waals surface area contributed by atoms with Gasteiger partial charge >= 0.3 is 6.18 Å². The number of nitrogens with zero attached hydrogens (tertiary/aromatic N) is 7. The number of aromatic nitrogens is 6. The maximum Gasteiger partial charge on any atom is 0.451 e. The van der Waals surface area contributed by atoms with Crippen molar-refractivity contribution < 1.29 is 22.0 Å². The van der Waals surface area contributed by atoms with Gasteiger partial charge in [0.15, 0.2) is 20.0 Å². The Morgan fingerprint density at radius 1 is 1.03 bits per heavy atom. The normalized spacial score (nSPS) is 14.8. The largest absolute Gasteiger partial charge is 0.451 e. The maximum absolute atomic E-state index is 15.2. The lowest BCUT2D eigenvalue weighted by atomic mass is 10.1. The van der Waals surface area contributed by atoms with Gasteiger partial charge in [0.25, 0.3) is 0 Å². The number of fused-ring (bicyclic) bond motifs is 1. The highest BCUT2D eigenvalue weighted by Gasteiger charge is 2.40. The minimum atomic E-state index is -4.56. The van der Waals surface area contributed by atoms with Crippen molar-refractivity contribution in [1.82, 2.24) is 29.7 Å². The molecule has 0 bridgehead atoms. The minimum absolute atomic E-state index is 0.00100. The van der Waals surface area contributed by atoms with Gasteiger partial charge in [-0.1, -0.05) is 20.8 Å². The zero-order chi connectivity index (χ0) is 25.6. The Kier molecular flexibility index (Phi) is 6.42. The van der Waals surface area contributed by atoms with Crippen LogP contribution in [0.3, 0.4) is 0 Å². The number of hydrogen-bond acceptors (Lipinski definition) is 7. The van der Waals surface area contributed by atoms with Crippen LogP contribution < -0.4 is 4.90 Å². The summed E-state index contributed by atoms with van der Waals surface area (Å²) < 4.78 is 61.6. The Morgan fingerprint density at radius 3 is 2.34 bits per heavy atom. The first kappa shape index (κ1) is 25.2. The lowest BCUT2D eigenvalue weighted by molar-refractivity contribution is -0.147. The summed E-state index contributed by atoms with van der Waals surface area (Å²) in [5, 5.41) is 6.94. The smallest absolute Gasteiger partial charge is 0.412 e. The summed E-state index contributed by atoms with van der Waals surface area (Å²) in [5.41, 5.74) is 0.904. The molecule has 0 fully saturated rings. The summed E-state index contributed by atoms with van der Waals surface area (Å²) in [7, 11) is -2.06. The molecule has 8 nitrogen and oxygen atoms in total. The number of rotatable bonds is 5. The van der Waals surface area contributed by atoms with Gasteiger partial charge in [-0.2, -0.15) is 13.2 Å². The zero-order valence-corrected chi connectivity index (χ0v) is 21.2. The molecule has 0 aromatic carbocycles. The van der Waals surface area contributed by atoms with E-state index in [1.165, 1.54) is 18.6 Å². The maximum atomic E-state index is 15.2. The van der Waals surface area contributed by atoms with Crippen LogP contribution in [0.4, 0.5) is 23.5 Å². The summed E-state index contributed by atoms with van der Waals surface area (Å²) >= 11 is 0. The monoisotopic (exact) mass is 509 g/mol. The van der Waals surface area contributed by atoms with Crippen molar-refractivity contribution in [3.63, 3.8) is 0 Å². The minimum Gasteiger partial charge on any atom is -0.412 e. The van der Waals surface area contributed by atoms with Crippen LogP contribution in [0.2, 0.25) is 18.1 Å². The first-order valence-corrected chi connectivity index (χ1v) is 14.0. The van der Waals surface area contributed by atoms with Crippen molar-refractivity contribution in [2.45, 2.75) is 64.8 Å². The summed E-state index contributed by atoms with van der Waals surface area (Å²) in [6.07, 6.45) is -0.140. The highest BCUT2D eigenvalue weighted by Crippen LogP contribution is 2.37. The molecule has 0 spiro atoms. The summed E-state index contributed by atoms with van der Waals surface area (Å²) in [6.45, 7) is 11.1. The molecule has 188 valence electrons. The number of pyridine rings is 1. The average molecular weight is 510 g/mol. The SMILES string of the molecule is CC(C)(C)[Si](C)(C)OCc1ccnc(-c2cnc(N3CCn4c(nnc4C(F)(F)F)C3)nc2)c1F. The predicted molar refractivity (Wildman–Crippen MR) is 123 cm³/mol. The second-order valence-corrected chi connectivity index (χ2v) is 14.8. The van der Waals surface area contributed by atoms with E-state index in [2.05, 4.69) is 59.0 Å². The van der Waals surface area contributed by atoms with Crippen LogP contribution in [0, 0.1) is 5.82 Å². The van der Waals surface area contributed by atoms with Crippen molar-refractivity contribution in [2.75, 3.05) is 11.4 Å². The van der Waals surface area contributed by atoms with Gasteiger partial charge in [-0.25, -0.2) is 14.4 Å². The van der Waals surface area contributed by atoms with Crippen LogP contribution in [0.1, 0.15) is 38.0 Å². The summed E-state index contributed by atoms with van der Waals surface area (Å²) in [6, 6.07) is 1.60. The van der Waals surface area contributed by atoms with Crippen molar-refractivity contribution in [2.24, 2.45) is 0 Å². The Hall–Kier alpha value is -2.93. The molecule has 0 radical (unpaired) electrons. The molecule has 1 aliphatic heterocycles. The average Bonchev–Trinajstić information content (AvgIpc) is 3.22. The highest BCUT2D eigenvalue weighted by atomic mass is 28.4. The van der Waals surface area contributed by atoms with E-state index in [1.807, 2.05) is 0 Å². The molecule has 0 amide bonds. The Bertz CT molecular complexity index is 1210. The molecule has 4 heterocycles. The first-order chi connectivity index (χ1) is 16.3. The number of anilines is 1. The van der Waals surface area contributed by atoms with Crippen LogP contribution in [-0.4, -0.2) is 44.6 Å². The lowest BCUT2D eigenvalue weighted by Crippen LogP contribution is -2.40. The highest BCUT2D eigenvalue weighted by molar-refractivity contribution is 6.74. The number of alkyl halides is 3. The molecule has 35 heavy (non-hydrogen) atoms. The van der Waals surface area contributed by atoms with E-state index in [0.717, 1.165) is 4.57 Å². The second-order valence-electron chi connectivity index (χ2n) is 9.96. The van der Waals surface area contributed by atoms with Gasteiger partial charge in [0, 0.05) is 42.8 Å². The van der Waals surface area contributed by atoms with Crippen molar-refractivity contribution in [3.8, 4) is 11.3 Å². The molecule has 0 N–H and O–H groups in total. The topological polar surface area (TPSA) is 81.9 Å². The molecule has 0 saturated heterocycles. The van der Waals surface area contributed by atoms with E-state index in [1.54, 1.807) is 11.0 Å². The molecule has 13 heteroatoms. The first-order valence-electron chi connectivity index (χ1n) is 11.1. The van der Waals surface area contributed by atoms with Crippen molar-refractivity contribution in [3.05, 3.63) is 47.7 Å². The van der Waals surface area contributed by atoms with E-state index < -0.39 is 26.1 Å². The van der Waals surface area contributed by atoms with Gasteiger partial charge in [0.1, 0.15) is 5.69 Å².